The van der Waals surface area contributed by atoms with Crippen molar-refractivity contribution in [3.8, 4) is 0 Å². The third-order valence-corrected chi connectivity index (χ3v) is 3.25. The van der Waals surface area contributed by atoms with Crippen LogP contribution in [0.15, 0.2) is 51.5 Å². The molecule has 0 unspecified atom stereocenters. The molecule has 2 rings (SSSR count). The molecule has 0 radical (unpaired) electrons. The van der Waals surface area contributed by atoms with Crippen LogP contribution in [0.2, 0.25) is 0 Å². The highest BCUT2D eigenvalue weighted by molar-refractivity contribution is 9.10. The summed E-state index contributed by atoms with van der Waals surface area (Å²) in [5.41, 5.74) is 0.701. The molecule has 0 aliphatic heterocycles. The van der Waals surface area contributed by atoms with Gasteiger partial charge in [-0.05, 0) is 56.1 Å². The summed E-state index contributed by atoms with van der Waals surface area (Å²) in [6.45, 7) is 0. The zero-order valence-corrected chi connectivity index (χ0v) is 12.3. The zero-order valence-electron chi connectivity index (χ0n) is 9.15. The molecule has 1 aromatic heterocycles. The van der Waals surface area contributed by atoms with E-state index < -0.39 is 0 Å². The number of nitrogens with zero attached hydrogens (tertiary/aromatic N) is 1. The van der Waals surface area contributed by atoms with E-state index in [0.717, 1.165) is 8.95 Å². The number of para-hydroxylation sites is 1. The molecule has 0 atom stereocenters. The van der Waals surface area contributed by atoms with Gasteiger partial charge >= 0.3 is 6.03 Å². The lowest BCUT2D eigenvalue weighted by Gasteiger charge is -2.08. The summed E-state index contributed by atoms with van der Waals surface area (Å²) in [4.78, 5) is 15.8. The summed E-state index contributed by atoms with van der Waals surface area (Å²) in [7, 11) is 0. The molecule has 1 heterocycles. The molecule has 4 nitrogen and oxygen atoms in total. The van der Waals surface area contributed by atoms with Gasteiger partial charge in [0, 0.05) is 15.1 Å². The normalized spacial score (nSPS) is 9.89. The third kappa shape index (κ3) is 3.54. The predicted octanol–water partition coefficient (Wildman–Crippen LogP) is 4.25. The Morgan fingerprint density at radius 1 is 1.06 bits per heavy atom. The Balaban J connectivity index is 2.01. The molecule has 6 heteroatoms. The van der Waals surface area contributed by atoms with Crippen molar-refractivity contribution in [3.63, 3.8) is 0 Å². The van der Waals surface area contributed by atoms with Gasteiger partial charge in [-0.15, -0.1) is 0 Å². The van der Waals surface area contributed by atoms with Crippen molar-refractivity contribution in [1.29, 1.82) is 0 Å². The third-order valence-electron chi connectivity index (χ3n) is 2.09. The van der Waals surface area contributed by atoms with Gasteiger partial charge < -0.3 is 5.32 Å². The fourth-order valence-corrected chi connectivity index (χ4v) is 1.90. The summed E-state index contributed by atoms with van der Waals surface area (Å²) in [5, 5.41) is 5.37. The van der Waals surface area contributed by atoms with Crippen molar-refractivity contribution < 1.29 is 4.79 Å². The van der Waals surface area contributed by atoms with Crippen molar-refractivity contribution >= 4 is 49.4 Å². The summed E-state index contributed by atoms with van der Waals surface area (Å²) in [5.74, 6) is 0.489. The number of hydrogen-bond acceptors (Lipinski definition) is 2. The number of carbonyl (C=O) groups is 1. The topological polar surface area (TPSA) is 54.0 Å². The van der Waals surface area contributed by atoms with Crippen LogP contribution in [-0.4, -0.2) is 11.0 Å². The number of hydrogen-bond donors (Lipinski definition) is 2. The average molecular weight is 371 g/mol. The van der Waals surface area contributed by atoms with Crippen LogP contribution in [0, 0.1) is 0 Å². The van der Waals surface area contributed by atoms with Crippen LogP contribution in [0.1, 0.15) is 0 Å². The largest absolute Gasteiger partial charge is 0.324 e. The van der Waals surface area contributed by atoms with E-state index in [1.807, 2.05) is 18.2 Å². The molecule has 0 aliphatic rings. The second-order valence-electron chi connectivity index (χ2n) is 3.42. The van der Waals surface area contributed by atoms with Gasteiger partial charge in [0.2, 0.25) is 0 Å². The predicted molar refractivity (Wildman–Crippen MR) is 78.7 cm³/mol. The maximum absolute atomic E-state index is 11.7. The van der Waals surface area contributed by atoms with E-state index in [1.54, 1.807) is 24.4 Å². The lowest BCUT2D eigenvalue weighted by atomic mass is 10.3. The van der Waals surface area contributed by atoms with Crippen LogP contribution in [-0.2, 0) is 0 Å². The van der Waals surface area contributed by atoms with Crippen LogP contribution in [0.3, 0.4) is 0 Å². The Morgan fingerprint density at radius 3 is 2.50 bits per heavy atom. The first-order valence-electron chi connectivity index (χ1n) is 5.09. The van der Waals surface area contributed by atoms with E-state index in [4.69, 9.17) is 0 Å². The first kappa shape index (κ1) is 13.0. The minimum atomic E-state index is -0.336. The zero-order chi connectivity index (χ0) is 13.0. The highest BCUT2D eigenvalue weighted by Gasteiger charge is 2.05. The summed E-state index contributed by atoms with van der Waals surface area (Å²) < 4.78 is 1.68. The van der Waals surface area contributed by atoms with Gasteiger partial charge in [-0.1, -0.05) is 12.1 Å². The fourth-order valence-electron chi connectivity index (χ4n) is 1.28. The number of halogens is 2. The molecule has 0 saturated heterocycles. The first-order chi connectivity index (χ1) is 8.65. The van der Waals surface area contributed by atoms with Crippen LogP contribution in [0.4, 0.5) is 16.3 Å². The number of carbonyl (C=O) groups excluding carboxylic acids is 1. The van der Waals surface area contributed by atoms with Crippen LogP contribution >= 0.6 is 31.9 Å². The van der Waals surface area contributed by atoms with Gasteiger partial charge in [0.25, 0.3) is 0 Å². The van der Waals surface area contributed by atoms with Gasteiger partial charge in [-0.2, -0.15) is 0 Å². The number of aromatic nitrogens is 1. The number of anilines is 2. The van der Waals surface area contributed by atoms with E-state index in [1.165, 1.54) is 0 Å². The molecular formula is C12H9Br2N3O. The summed E-state index contributed by atoms with van der Waals surface area (Å²) in [6.07, 6.45) is 1.62. The summed E-state index contributed by atoms with van der Waals surface area (Å²) in [6, 6.07) is 10.6. The smallest absolute Gasteiger partial charge is 0.307 e. The van der Waals surface area contributed by atoms with Crippen LogP contribution in [0.25, 0.3) is 0 Å². The molecular weight excluding hydrogens is 362 g/mol. The Hall–Kier alpha value is -1.40. The fraction of sp³-hybridized carbons (Fsp3) is 0. The van der Waals surface area contributed by atoms with Crippen molar-refractivity contribution in [2.45, 2.75) is 0 Å². The molecule has 2 N–H and O–H groups in total. The molecule has 2 amide bonds. The molecule has 18 heavy (non-hydrogen) atoms. The van der Waals surface area contributed by atoms with Gasteiger partial charge in [-0.25, -0.2) is 9.78 Å². The van der Waals surface area contributed by atoms with Gasteiger partial charge in [-0.3, -0.25) is 5.32 Å². The van der Waals surface area contributed by atoms with Crippen molar-refractivity contribution in [2.75, 3.05) is 10.6 Å². The second-order valence-corrected chi connectivity index (χ2v) is 5.19. The number of benzene rings is 1. The van der Waals surface area contributed by atoms with E-state index >= 15 is 0 Å². The molecule has 2 aromatic rings. The molecule has 1 aromatic carbocycles. The van der Waals surface area contributed by atoms with E-state index in [2.05, 4.69) is 47.5 Å². The first-order valence-corrected chi connectivity index (χ1v) is 6.68. The quantitative estimate of drug-likeness (QED) is 0.830. The maximum Gasteiger partial charge on any atom is 0.324 e. The Bertz CT molecular complexity index is 558. The van der Waals surface area contributed by atoms with E-state index in [0.29, 0.717) is 11.5 Å². The van der Waals surface area contributed by atoms with Crippen molar-refractivity contribution in [3.05, 3.63) is 51.5 Å². The molecule has 0 saturated carbocycles. The monoisotopic (exact) mass is 369 g/mol. The van der Waals surface area contributed by atoms with Gasteiger partial charge in [0.1, 0.15) is 5.82 Å². The van der Waals surface area contributed by atoms with Crippen molar-refractivity contribution in [1.82, 2.24) is 4.98 Å². The highest BCUT2D eigenvalue weighted by Crippen LogP contribution is 2.21. The van der Waals surface area contributed by atoms with E-state index in [-0.39, 0.29) is 6.03 Å². The minimum Gasteiger partial charge on any atom is -0.307 e. The maximum atomic E-state index is 11.7. The van der Waals surface area contributed by atoms with Gasteiger partial charge in [0.05, 0.1) is 5.69 Å². The number of pyridine rings is 1. The SMILES string of the molecule is O=C(Nc1ccc(Br)cn1)Nc1ccccc1Br. The van der Waals surface area contributed by atoms with Crippen molar-refractivity contribution in [2.24, 2.45) is 0 Å². The Morgan fingerprint density at radius 2 is 1.83 bits per heavy atom. The highest BCUT2D eigenvalue weighted by atomic mass is 79.9. The van der Waals surface area contributed by atoms with Gasteiger partial charge in [0.15, 0.2) is 0 Å². The lowest BCUT2D eigenvalue weighted by Crippen LogP contribution is -2.20. The van der Waals surface area contributed by atoms with E-state index in [9.17, 15) is 4.79 Å². The minimum absolute atomic E-state index is 0.336. The molecule has 0 bridgehead atoms. The number of urea groups is 1. The molecule has 0 fully saturated rings. The molecule has 0 spiro atoms. The van der Waals surface area contributed by atoms with Crippen LogP contribution < -0.4 is 10.6 Å². The molecule has 0 aliphatic carbocycles. The number of nitrogens with one attached hydrogen (secondary N) is 2. The number of amides is 2. The Kier molecular flexibility index (Phi) is 4.33. The second kappa shape index (κ2) is 5.97. The average Bonchev–Trinajstić information content (AvgIpc) is 2.35. The van der Waals surface area contributed by atoms with Crippen LogP contribution in [0.5, 0.6) is 0 Å². The Labute approximate surface area is 121 Å². The summed E-state index contributed by atoms with van der Waals surface area (Å²) >= 11 is 6.63. The molecule has 92 valence electrons. The number of rotatable bonds is 2. The standard InChI is InChI=1S/C12H9Br2N3O/c13-8-5-6-11(15-7-8)17-12(18)16-10-4-2-1-3-9(10)14/h1-7H,(H2,15,16,17,18). The lowest BCUT2D eigenvalue weighted by molar-refractivity contribution is 0.262.